The number of nitrogens with two attached hydrogens (primary N) is 1. The molecule has 3 heterocycles. The quantitative estimate of drug-likeness (QED) is 0.410. The van der Waals surface area contributed by atoms with E-state index in [-0.39, 0.29) is 29.4 Å². The van der Waals surface area contributed by atoms with E-state index in [1.54, 1.807) is 9.58 Å². The number of carbonyl (C=O) groups is 1. The van der Waals surface area contributed by atoms with Gasteiger partial charge in [-0.05, 0) is 54.3 Å². The zero-order chi connectivity index (χ0) is 25.5. The van der Waals surface area contributed by atoms with Crippen molar-refractivity contribution in [3.8, 4) is 17.0 Å². The first-order valence-corrected chi connectivity index (χ1v) is 12.5. The Morgan fingerprint density at radius 1 is 1.14 bits per heavy atom. The van der Waals surface area contributed by atoms with E-state index >= 15 is 0 Å². The van der Waals surface area contributed by atoms with Gasteiger partial charge in [0.1, 0.15) is 23.1 Å². The first kappa shape index (κ1) is 23.0. The van der Waals surface area contributed by atoms with Crippen molar-refractivity contribution in [3.63, 3.8) is 0 Å². The molecule has 0 spiro atoms. The van der Waals surface area contributed by atoms with Gasteiger partial charge in [0.05, 0.1) is 11.4 Å². The summed E-state index contributed by atoms with van der Waals surface area (Å²) < 4.78 is 7.97. The normalized spacial score (nSPS) is 17.6. The first-order chi connectivity index (χ1) is 18.0. The van der Waals surface area contributed by atoms with Crippen molar-refractivity contribution in [1.29, 1.82) is 0 Å². The second-order valence-corrected chi connectivity index (χ2v) is 9.68. The summed E-state index contributed by atoms with van der Waals surface area (Å²) in [6.07, 6.45) is 4.80. The summed E-state index contributed by atoms with van der Waals surface area (Å²) in [5.74, 6) is 0.854. The number of hydrogen-bond acceptors (Lipinski definition) is 6. The van der Waals surface area contributed by atoms with Crippen LogP contribution in [0, 0.1) is 0 Å². The molecule has 1 aliphatic heterocycles. The lowest BCUT2D eigenvalue weighted by molar-refractivity contribution is -0.127. The van der Waals surface area contributed by atoms with Crippen LogP contribution in [0.2, 0.25) is 0 Å². The Kier molecular flexibility index (Phi) is 5.75. The minimum Gasteiger partial charge on any atom is -0.490 e. The maximum Gasteiger partial charge on any atom is 0.290 e. The summed E-state index contributed by atoms with van der Waals surface area (Å²) in [6, 6.07) is 16.0. The Morgan fingerprint density at radius 3 is 2.57 bits per heavy atom. The zero-order valence-corrected chi connectivity index (χ0v) is 20.4. The lowest BCUT2D eigenvalue weighted by Gasteiger charge is -2.32. The van der Waals surface area contributed by atoms with Crippen LogP contribution in [0.25, 0.3) is 22.2 Å². The van der Waals surface area contributed by atoms with Crippen molar-refractivity contribution in [2.75, 3.05) is 18.8 Å². The first-order valence-electron chi connectivity index (χ1n) is 12.5. The van der Waals surface area contributed by atoms with Crippen LogP contribution in [0.4, 0.5) is 5.82 Å². The highest BCUT2D eigenvalue weighted by Crippen LogP contribution is 2.34. The number of benzene rings is 2. The molecule has 0 radical (unpaired) electrons. The third-order valence-corrected chi connectivity index (χ3v) is 7.33. The fourth-order valence-corrected chi connectivity index (χ4v) is 5.55. The molecular weight excluding hydrogens is 468 g/mol. The molecule has 0 bridgehead atoms. The van der Waals surface area contributed by atoms with Gasteiger partial charge in [0.15, 0.2) is 5.82 Å². The second kappa shape index (κ2) is 9.24. The molecule has 0 unspecified atom stereocenters. The number of likely N-dealkylation sites (tertiary alicyclic amines) is 1. The molecule has 1 saturated heterocycles. The van der Waals surface area contributed by atoms with Crippen LogP contribution in [-0.4, -0.2) is 50.0 Å². The highest BCUT2D eigenvalue weighted by atomic mass is 16.5. The smallest absolute Gasteiger partial charge is 0.290 e. The summed E-state index contributed by atoms with van der Waals surface area (Å²) in [5.41, 5.74) is 10.3. The van der Waals surface area contributed by atoms with Crippen molar-refractivity contribution >= 4 is 22.6 Å². The van der Waals surface area contributed by atoms with Crippen molar-refractivity contribution in [3.05, 3.63) is 82.7 Å². The number of anilines is 1. The molecule has 1 aliphatic carbocycles. The number of hydrogen-bond donors (Lipinski definition) is 2. The number of piperidine rings is 1. The molecule has 1 amide bonds. The Morgan fingerprint density at radius 2 is 1.86 bits per heavy atom. The Labute approximate surface area is 213 Å². The molecule has 1 atom stereocenters. The van der Waals surface area contributed by atoms with Gasteiger partial charge in [-0.2, -0.15) is 10.2 Å². The van der Waals surface area contributed by atoms with E-state index in [0.717, 1.165) is 37.0 Å². The fourth-order valence-electron chi connectivity index (χ4n) is 5.55. The van der Waals surface area contributed by atoms with Gasteiger partial charge in [-0.1, -0.05) is 30.8 Å². The van der Waals surface area contributed by atoms with E-state index in [1.165, 1.54) is 17.2 Å². The SMILES string of the molecule is C=CC(=O)N1CCC[C@@H](n2nc(-c3ccc(OC4Cc5ccccc5C4)cc3)c3c(N)n[nH]c(=O)c32)C1. The summed E-state index contributed by atoms with van der Waals surface area (Å²) in [5, 5.41) is 11.8. The number of amides is 1. The van der Waals surface area contributed by atoms with E-state index < -0.39 is 0 Å². The molecule has 37 heavy (non-hydrogen) atoms. The average molecular weight is 497 g/mol. The Balaban J connectivity index is 1.31. The molecule has 2 aliphatic rings. The number of aromatic nitrogens is 4. The average Bonchev–Trinajstić information content (AvgIpc) is 3.53. The summed E-state index contributed by atoms with van der Waals surface area (Å²) >= 11 is 0. The molecule has 6 rings (SSSR count). The highest BCUT2D eigenvalue weighted by Gasteiger charge is 2.29. The van der Waals surface area contributed by atoms with Gasteiger partial charge in [-0.3, -0.25) is 14.3 Å². The molecular formula is C28H28N6O3. The van der Waals surface area contributed by atoms with E-state index in [1.807, 2.05) is 24.3 Å². The number of nitrogens with one attached hydrogen (secondary N) is 1. The van der Waals surface area contributed by atoms with E-state index in [4.69, 9.17) is 15.6 Å². The maximum absolute atomic E-state index is 12.9. The van der Waals surface area contributed by atoms with Gasteiger partial charge in [0.2, 0.25) is 5.91 Å². The van der Waals surface area contributed by atoms with Gasteiger partial charge in [0, 0.05) is 31.5 Å². The van der Waals surface area contributed by atoms with Crippen LogP contribution in [0.1, 0.15) is 30.0 Å². The lowest BCUT2D eigenvalue weighted by atomic mass is 10.1. The monoisotopic (exact) mass is 496 g/mol. The van der Waals surface area contributed by atoms with Crippen LogP contribution in [0.3, 0.4) is 0 Å². The van der Waals surface area contributed by atoms with Crippen molar-refractivity contribution in [2.45, 2.75) is 37.8 Å². The minimum absolute atomic E-state index is 0.106. The second-order valence-electron chi connectivity index (χ2n) is 9.68. The van der Waals surface area contributed by atoms with Crippen molar-refractivity contribution in [1.82, 2.24) is 24.9 Å². The molecule has 2 aromatic carbocycles. The maximum atomic E-state index is 12.9. The lowest BCUT2D eigenvalue weighted by Crippen LogP contribution is -2.40. The predicted octanol–water partition coefficient (Wildman–Crippen LogP) is 3.26. The number of H-pyrrole nitrogens is 1. The fraction of sp³-hybridized carbons (Fsp3) is 0.286. The topological polar surface area (TPSA) is 119 Å². The summed E-state index contributed by atoms with van der Waals surface area (Å²) in [6.45, 7) is 4.70. The zero-order valence-electron chi connectivity index (χ0n) is 20.4. The van der Waals surface area contributed by atoms with E-state index in [9.17, 15) is 9.59 Å². The van der Waals surface area contributed by atoms with Crippen molar-refractivity contribution < 1.29 is 9.53 Å². The van der Waals surface area contributed by atoms with E-state index in [2.05, 4.69) is 41.0 Å². The molecule has 188 valence electrons. The third-order valence-electron chi connectivity index (χ3n) is 7.33. The number of aromatic amines is 1. The van der Waals surface area contributed by atoms with Gasteiger partial charge < -0.3 is 15.4 Å². The Bertz CT molecular complexity index is 1530. The van der Waals surface area contributed by atoms with Gasteiger partial charge in [-0.15, -0.1) is 0 Å². The van der Waals surface area contributed by atoms with Gasteiger partial charge in [0.25, 0.3) is 5.56 Å². The molecule has 3 N–H and O–H groups in total. The van der Waals surface area contributed by atoms with Gasteiger partial charge >= 0.3 is 0 Å². The number of nitrogens with zero attached hydrogens (tertiary/aromatic N) is 4. The van der Waals surface area contributed by atoms with Crippen molar-refractivity contribution in [2.24, 2.45) is 0 Å². The van der Waals surface area contributed by atoms with E-state index in [0.29, 0.717) is 29.7 Å². The number of nitrogen functional groups attached to an aromatic ring is 1. The van der Waals surface area contributed by atoms with Crippen LogP contribution < -0.4 is 16.0 Å². The van der Waals surface area contributed by atoms with Crippen LogP contribution in [-0.2, 0) is 17.6 Å². The number of carbonyl (C=O) groups excluding carboxylic acids is 1. The minimum atomic E-state index is -0.365. The predicted molar refractivity (Wildman–Crippen MR) is 141 cm³/mol. The summed E-state index contributed by atoms with van der Waals surface area (Å²) in [4.78, 5) is 26.9. The van der Waals surface area contributed by atoms with Crippen LogP contribution in [0.15, 0.2) is 66.0 Å². The largest absolute Gasteiger partial charge is 0.490 e. The number of rotatable bonds is 5. The van der Waals surface area contributed by atoms with Crippen LogP contribution in [0.5, 0.6) is 5.75 Å². The molecule has 4 aromatic rings. The molecule has 2 aromatic heterocycles. The standard InChI is InChI=1S/C28H28N6O3/c1-2-23(35)33-13-5-8-20(16-33)34-26-24(27(29)30-31-28(26)36)25(32-34)17-9-11-21(12-10-17)37-22-14-18-6-3-4-7-19(18)15-22/h2-4,6-7,9-12,20,22H,1,5,8,13-16H2,(H2,29,30)(H,31,36)/t20-/m1/s1. The van der Waals surface area contributed by atoms with Crippen LogP contribution >= 0.6 is 0 Å². The number of fused-ring (bicyclic) bond motifs is 2. The molecule has 9 heteroatoms. The molecule has 9 nitrogen and oxygen atoms in total. The van der Waals surface area contributed by atoms with Gasteiger partial charge in [-0.25, -0.2) is 5.10 Å². The number of ether oxygens (including phenoxy) is 1. The Hall–Kier alpha value is -4.40. The molecule has 1 fully saturated rings. The third kappa shape index (κ3) is 4.16. The highest BCUT2D eigenvalue weighted by molar-refractivity contribution is 5.99. The molecule has 0 saturated carbocycles. The summed E-state index contributed by atoms with van der Waals surface area (Å²) in [7, 11) is 0.